The van der Waals surface area contributed by atoms with Crippen LogP contribution in [0.1, 0.15) is 13.3 Å². The molecule has 1 amide bonds. The van der Waals surface area contributed by atoms with E-state index < -0.39 is 0 Å². The maximum atomic E-state index is 10.1. The zero-order valence-electron chi connectivity index (χ0n) is 3.69. The average molecular weight is 192 g/mol. The van der Waals surface area contributed by atoms with E-state index in [0.717, 1.165) is 22.8 Å². The minimum absolute atomic E-state index is 0.150. The number of hydrogen-bond donors (Lipinski definition) is 1. The molecule has 0 atom stereocenters. The summed E-state index contributed by atoms with van der Waals surface area (Å²) in [7, 11) is 0. The summed E-state index contributed by atoms with van der Waals surface area (Å²) in [6, 6.07) is 0. The summed E-state index contributed by atoms with van der Waals surface area (Å²) >= 11 is 0.837. The van der Waals surface area contributed by atoms with Crippen LogP contribution in [0, 0.1) is 0 Å². The van der Waals surface area contributed by atoms with Gasteiger partial charge in [-0.05, 0) is 0 Å². The molecule has 0 saturated heterocycles. The molecule has 0 aliphatic heterocycles. The van der Waals surface area contributed by atoms with Crippen molar-refractivity contribution < 1.29 is 4.79 Å². The molecule has 0 aliphatic carbocycles. The molecule has 0 bridgehead atoms. The fourth-order valence-electron chi connectivity index (χ4n) is 0.102. The fraction of sp³-hybridized carbons (Fsp3) is 0.667. The van der Waals surface area contributed by atoms with Crippen molar-refractivity contribution in [2.24, 2.45) is 0 Å². The van der Waals surface area contributed by atoms with Gasteiger partial charge in [-0.2, -0.15) is 0 Å². The Bertz CT molecular complexity index is 48.8. The van der Waals surface area contributed by atoms with Gasteiger partial charge in [0.15, 0.2) is 0 Å². The molecule has 0 unspecified atom stereocenters. The standard InChI is InChI=1S/C3H7NO.Sn.H/c1-2-3(4)5;;/h2H2,1H3,(H2,4,5);;/q;+1;/p-1. The van der Waals surface area contributed by atoms with E-state index in [1.807, 2.05) is 6.92 Å². The van der Waals surface area contributed by atoms with Crippen LogP contribution in [0.5, 0.6) is 0 Å². The molecular weight excluding hydrogens is 185 g/mol. The monoisotopic (exact) mass is 193 g/mol. The molecule has 0 spiro atoms. The number of amides is 1. The van der Waals surface area contributed by atoms with E-state index in [9.17, 15) is 4.79 Å². The van der Waals surface area contributed by atoms with Gasteiger partial charge >= 0.3 is 50.4 Å². The Hall–Kier alpha value is 0.269. The van der Waals surface area contributed by atoms with Gasteiger partial charge in [0.1, 0.15) is 0 Å². The van der Waals surface area contributed by atoms with Gasteiger partial charge in [-0.15, -0.1) is 0 Å². The Kier molecular flexibility index (Phi) is 3.61. The molecule has 2 nitrogen and oxygen atoms in total. The van der Waals surface area contributed by atoms with Crippen LogP contribution in [-0.4, -0.2) is 28.7 Å². The van der Waals surface area contributed by atoms with Gasteiger partial charge < -0.3 is 0 Å². The van der Waals surface area contributed by atoms with E-state index in [2.05, 4.69) is 3.54 Å². The Labute approximate surface area is 50.7 Å². The summed E-state index contributed by atoms with van der Waals surface area (Å²) in [5.74, 6) is 0.150. The van der Waals surface area contributed by atoms with Crippen molar-refractivity contribution >= 4 is 28.7 Å². The first kappa shape index (κ1) is 6.27. The molecule has 0 heterocycles. The van der Waals surface area contributed by atoms with Crippen molar-refractivity contribution in [2.75, 3.05) is 0 Å². The average Bonchev–Trinajstić information content (AvgIpc) is 1.65. The Morgan fingerprint density at radius 1 is 2.00 bits per heavy atom. The van der Waals surface area contributed by atoms with Crippen LogP contribution < -0.4 is 3.54 Å². The SMILES string of the molecule is CCC(=O)[NH][SnH]. The first-order chi connectivity index (χ1) is 2.81. The van der Waals surface area contributed by atoms with Crippen LogP contribution >= 0.6 is 0 Å². The van der Waals surface area contributed by atoms with Gasteiger partial charge in [0, 0.05) is 0 Å². The van der Waals surface area contributed by atoms with Crippen LogP contribution in [0.4, 0.5) is 0 Å². The summed E-state index contributed by atoms with van der Waals surface area (Å²) in [6.45, 7) is 1.84. The van der Waals surface area contributed by atoms with Crippen molar-refractivity contribution in [3.05, 3.63) is 0 Å². The summed E-state index contributed by atoms with van der Waals surface area (Å²) in [6.07, 6.45) is 0.612. The van der Waals surface area contributed by atoms with Crippen molar-refractivity contribution in [3.8, 4) is 0 Å². The van der Waals surface area contributed by atoms with E-state index in [1.54, 1.807) is 0 Å². The van der Waals surface area contributed by atoms with E-state index in [0.29, 0.717) is 6.42 Å². The van der Waals surface area contributed by atoms with Crippen LogP contribution in [0.15, 0.2) is 0 Å². The number of nitrogens with one attached hydrogen (secondary N) is 1. The van der Waals surface area contributed by atoms with Gasteiger partial charge in [0.05, 0.1) is 0 Å². The second-order valence-electron chi connectivity index (χ2n) is 0.921. The second kappa shape index (κ2) is 3.46. The molecule has 0 aromatic heterocycles. The van der Waals surface area contributed by atoms with Crippen LogP contribution in [-0.2, 0) is 4.79 Å². The van der Waals surface area contributed by atoms with Gasteiger partial charge in [0.25, 0.3) is 0 Å². The quantitative estimate of drug-likeness (QED) is 0.548. The molecule has 2 radical (unpaired) electrons. The molecule has 1 N–H and O–H groups in total. The summed E-state index contributed by atoms with van der Waals surface area (Å²) in [5, 5.41) is 0. The second-order valence-corrected chi connectivity index (χ2v) is 1.74. The van der Waals surface area contributed by atoms with Gasteiger partial charge in [-0.25, -0.2) is 0 Å². The van der Waals surface area contributed by atoms with Gasteiger partial charge in [-0.3, -0.25) is 0 Å². The van der Waals surface area contributed by atoms with Crippen molar-refractivity contribution in [1.82, 2.24) is 3.54 Å². The zero-order chi connectivity index (χ0) is 4.99. The van der Waals surface area contributed by atoms with E-state index in [1.165, 1.54) is 0 Å². The number of hydrogen-bond acceptors (Lipinski definition) is 1. The number of carbonyl (C=O) groups is 1. The first-order valence-electron chi connectivity index (χ1n) is 1.80. The molecule has 0 aromatic rings. The molecule has 0 saturated carbocycles. The summed E-state index contributed by atoms with van der Waals surface area (Å²) in [4.78, 5) is 10.1. The molecule has 0 aliphatic rings. The van der Waals surface area contributed by atoms with Crippen molar-refractivity contribution in [2.45, 2.75) is 13.3 Å². The third-order valence-corrected chi connectivity index (χ3v) is 1.40. The maximum absolute atomic E-state index is 10.1. The van der Waals surface area contributed by atoms with E-state index in [-0.39, 0.29) is 5.91 Å². The first-order valence-corrected chi connectivity index (χ1v) is 3.45. The molecule has 0 fully saturated rings. The summed E-state index contributed by atoms with van der Waals surface area (Å²) < 4.78 is 2.61. The Morgan fingerprint density at radius 2 is 2.50 bits per heavy atom. The normalized spacial score (nSPS) is 7.67. The number of rotatable bonds is 1. The third kappa shape index (κ3) is 2.50. The number of carbonyl (C=O) groups excluding carboxylic acids is 1. The van der Waals surface area contributed by atoms with Gasteiger partial charge in [0.2, 0.25) is 0 Å². The summed E-state index contributed by atoms with van der Waals surface area (Å²) in [5.41, 5.74) is 0. The Balaban J connectivity index is 2.99. The molecule has 0 rings (SSSR count). The minimum atomic E-state index is 0.150. The van der Waals surface area contributed by atoms with Crippen molar-refractivity contribution in [3.63, 3.8) is 0 Å². The zero-order valence-corrected chi connectivity index (χ0v) is 6.99. The molecular formula is C3H7NOSn. The van der Waals surface area contributed by atoms with Crippen LogP contribution in [0.25, 0.3) is 0 Å². The third-order valence-electron chi connectivity index (χ3n) is 0.482. The van der Waals surface area contributed by atoms with Crippen LogP contribution in [0.2, 0.25) is 0 Å². The molecule has 34 valence electrons. The molecule has 3 heteroatoms. The molecule has 6 heavy (non-hydrogen) atoms. The predicted octanol–water partition coefficient (Wildman–Crippen LogP) is -0.672. The van der Waals surface area contributed by atoms with Crippen LogP contribution in [0.3, 0.4) is 0 Å². The van der Waals surface area contributed by atoms with Crippen molar-refractivity contribution in [1.29, 1.82) is 0 Å². The molecule has 0 aromatic carbocycles. The fourth-order valence-corrected chi connectivity index (χ4v) is 0.685. The van der Waals surface area contributed by atoms with Gasteiger partial charge in [-0.1, -0.05) is 0 Å². The predicted molar refractivity (Wildman–Crippen MR) is 25.6 cm³/mol. The van der Waals surface area contributed by atoms with E-state index >= 15 is 0 Å². The van der Waals surface area contributed by atoms with E-state index in [4.69, 9.17) is 0 Å². The Morgan fingerprint density at radius 3 is 2.50 bits per heavy atom. The topological polar surface area (TPSA) is 29.1 Å².